The molecule has 8 heteroatoms. The number of rotatable bonds is 5. The van der Waals surface area contributed by atoms with Gasteiger partial charge in [-0.05, 0) is 49.5 Å². The largest absolute Gasteiger partial charge is 0.493 e. The van der Waals surface area contributed by atoms with Gasteiger partial charge in [0.25, 0.3) is 0 Å². The lowest BCUT2D eigenvalue weighted by atomic mass is 10.0. The van der Waals surface area contributed by atoms with Gasteiger partial charge in [0.1, 0.15) is 11.6 Å². The van der Waals surface area contributed by atoms with Crippen molar-refractivity contribution in [1.82, 2.24) is 10.2 Å². The van der Waals surface area contributed by atoms with Crippen molar-refractivity contribution < 1.29 is 18.7 Å². The van der Waals surface area contributed by atoms with Gasteiger partial charge in [0.05, 0.1) is 17.7 Å². The van der Waals surface area contributed by atoms with E-state index in [1.165, 1.54) is 12.1 Å². The molecular weight excluding hydrogens is 385 g/mol. The zero-order chi connectivity index (χ0) is 20.3. The van der Waals surface area contributed by atoms with Crippen LogP contribution in [0, 0.1) is 5.82 Å². The van der Waals surface area contributed by atoms with Crippen molar-refractivity contribution in [3.05, 3.63) is 58.4 Å². The van der Waals surface area contributed by atoms with E-state index in [-0.39, 0.29) is 23.3 Å². The van der Waals surface area contributed by atoms with Gasteiger partial charge in [0.15, 0.2) is 0 Å². The summed E-state index contributed by atoms with van der Waals surface area (Å²) in [6.45, 7) is 0.929. The molecule has 28 heavy (non-hydrogen) atoms. The molecule has 0 spiro atoms. The Balaban J connectivity index is 1.62. The molecule has 0 saturated heterocycles. The highest BCUT2D eigenvalue weighted by atomic mass is 35.5. The first-order valence-corrected chi connectivity index (χ1v) is 9.19. The maximum atomic E-state index is 13.2. The lowest BCUT2D eigenvalue weighted by molar-refractivity contribution is -0.136. The second kappa shape index (κ2) is 8.58. The number of carbonyl (C=O) groups excluding carboxylic acids is 2. The predicted octanol–water partition coefficient (Wildman–Crippen LogP) is 2.77. The minimum Gasteiger partial charge on any atom is -0.493 e. The third-order valence-electron chi connectivity index (χ3n) is 4.56. The Morgan fingerprint density at radius 2 is 2.00 bits per heavy atom. The molecule has 3 rings (SSSR count). The highest BCUT2D eigenvalue weighted by Crippen LogP contribution is 2.29. The summed E-state index contributed by atoms with van der Waals surface area (Å²) in [6, 6.07) is 9.55. The predicted molar refractivity (Wildman–Crippen MR) is 105 cm³/mol. The molecule has 0 bridgehead atoms. The number of likely N-dealkylation sites (N-methyl/N-ethyl adjacent to an activating group) is 1. The molecule has 148 valence electrons. The number of nitrogens with zero attached hydrogens (tertiary/aromatic N) is 1. The fourth-order valence-corrected chi connectivity index (χ4v) is 3.22. The molecule has 0 aromatic heterocycles. The summed E-state index contributed by atoms with van der Waals surface area (Å²) in [5.41, 5.74) is 2.41. The average Bonchev–Trinajstić information content (AvgIpc) is 3.12. The molecule has 2 N–H and O–H groups in total. The van der Waals surface area contributed by atoms with Crippen molar-refractivity contribution in [2.24, 2.45) is 0 Å². The number of fused-ring (bicyclic) bond motifs is 1. The van der Waals surface area contributed by atoms with Crippen molar-refractivity contribution in [3.8, 4) is 5.75 Å². The van der Waals surface area contributed by atoms with Crippen molar-refractivity contribution in [3.63, 3.8) is 0 Å². The van der Waals surface area contributed by atoms with Crippen LogP contribution < -0.4 is 15.4 Å². The van der Waals surface area contributed by atoms with Crippen LogP contribution in [0.25, 0.3) is 0 Å². The van der Waals surface area contributed by atoms with Gasteiger partial charge in [0.2, 0.25) is 0 Å². The number of hydrogen-bond acceptors (Lipinski definition) is 4. The lowest BCUT2D eigenvalue weighted by Gasteiger charge is -2.25. The molecule has 1 aliphatic rings. The SMILES string of the molecule is CN(C)C(CNC(=O)C(=O)Nc1ccc(F)c(Cl)c1)c1ccc2c(c1)CCO2. The topological polar surface area (TPSA) is 70.7 Å². The Morgan fingerprint density at radius 3 is 2.71 bits per heavy atom. The van der Waals surface area contributed by atoms with Crippen molar-refractivity contribution in [2.45, 2.75) is 12.5 Å². The molecule has 1 aliphatic heterocycles. The van der Waals surface area contributed by atoms with Gasteiger partial charge in [-0.15, -0.1) is 0 Å². The molecule has 1 unspecified atom stereocenters. The van der Waals surface area contributed by atoms with E-state index in [1.807, 2.05) is 31.1 Å². The van der Waals surface area contributed by atoms with Crippen LogP contribution >= 0.6 is 11.6 Å². The van der Waals surface area contributed by atoms with Crippen LogP contribution in [0.5, 0.6) is 5.75 Å². The smallest absolute Gasteiger partial charge is 0.313 e. The Hall–Kier alpha value is -2.64. The molecule has 0 saturated carbocycles. The molecule has 0 fully saturated rings. The highest BCUT2D eigenvalue weighted by Gasteiger charge is 2.21. The van der Waals surface area contributed by atoms with Gasteiger partial charge in [-0.25, -0.2) is 4.39 Å². The van der Waals surface area contributed by atoms with E-state index in [0.29, 0.717) is 6.61 Å². The second-order valence-corrected chi connectivity index (χ2v) is 7.15. The van der Waals surface area contributed by atoms with Crippen LogP contribution in [0.4, 0.5) is 10.1 Å². The highest BCUT2D eigenvalue weighted by molar-refractivity contribution is 6.39. The normalized spacial score (nSPS) is 13.6. The minimum absolute atomic E-state index is 0.108. The van der Waals surface area contributed by atoms with Crippen LogP contribution in [-0.4, -0.2) is 44.0 Å². The van der Waals surface area contributed by atoms with Gasteiger partial charge >= 0.3 is 11.8 Å². The van der Waals surface area contributed by atoms with Crippen molar-refractivity contribution in [2.75, 3.05) is 32.6 Å². The van der Waals surface area contributed by atoms with E-state index in [2.05, 4.69) is 16.7 Å². The number of benzene rings is 2. The van der Waals surface area contributed by atoms with Gasteiger partial charge in [-0.3, -0.25) is 9.59 Å². The maximum absolute atomic E-state index is 13.2. The Morgan fingerprint density at radius 1 is 1.21 bits per heavy atom. The fourth-order valence-electron chi connectivity index (χ4n) is 3.04. The quantitative estimate of drug-likeness (QED) is 0.750. The number of nitrogens with one attached hydrogen (secondary N) is 2. The summed E-state index contributed by atoms with van der Waals surface area (Å²) < 4.78 is 18.7. The molecule has 0 aliphatic carbocycles. The van der Waals surface area contributed by atoms with Crippen LogP contribution in [0.2, 0.25) is 5.02 Å². The van der Waals surface area contributed by atoms with Crippen LogP contribution in [0.15, 0.2) is 36.4 Å². The van der Waals surface area contributed by atoms with E-state index in [9.17, 15) is 14.0 Å². The number of anilines is 1. The summed E-state index contributed by atoms with van der Waals surface area (Å²) in [6.07, 6.45) is 0.859. The summed E-state index contributed by atoms with van der Waals surface area (Å²) in [5, 5.41) is 4.92. The zero-order valence-corrected chi connectivity index (χ0v) is 16.3. The Kier molecular flexibility index (Phi) is 6.16. The van der Waals surface area contributed by atoms with Gasteiger partial charge < -0.3 is 20.3 Å². The first-order valence-electron chi connectivity index (χ1n) is 8.81. The number of hydrogen-bond donors (Lipinski definition) is 2. The maximum Gasteiger partial charge on any atom is 0.313 e. The van der Waals surface area contributed by atoms with Crippen LogP contribution in [0.1, 0.15) is 17.2 Å². The standard InChI is InChI=1S/C20H21ClFN3O3/c1-25(2)17(12-3-6-18-13(9-12)7-8-28-18)11-23-19(26)20(27)24-14-4-5-16(22)15(21)10-14/h3-6,9-10,17H,7-8,11H2,1-2H3,(H,23,26)(H,24,27). The molecule has 2 aromatic rings. The molecule has 1 atom stereocenters. The van der Waals surface area contributed by atoms with E-state index in [1.54, 1.807) is 0 Å². The lowest BCUT2D eigenvalue weighted by Crippen LogP contribution is -2.40. The summed E-state index contributed by atoms with van der Waals surface area (Å²) in [5.74, 6) is -1.33. The van der Waals surface area contributed by atoms with E-state index >= 15 is 0 Å². The summed E-state index contributed by atoms with van der Waals surface area (Å²) in [4.78, 5) is 26.2. The monoisotopic (exact) mass is 405 g/mol. The van der Waals surface area contributed by atoms with E-state index in [4.69, 9.17) is 16.3 Å². The molecule has 6 nitrogen and oxygen atoms in total. The average molecular weight is 406 g/mol. The van der Waals surface area contributed by atoms with Crippen LogP contribution in [0.3, 0.4) is 0 Å². The summed E-state index contributed by atoms with van der Waals surface area (Å²) in [7, 11) is 3.81. The van der Waals surface area contributed by atoms with Gasteiger partial charge in [0, 0.05) is 18.7 Å². The number of amides is 2. The van der Waals surface area contributed by atoms with E-state index in [0.717, 1.165) is 29.4 Å². The Bertz CT molecular complexity index is 904. The van der Waals surface area contributed by atoms with E-state index < -0.39 is 17.6 Å². The molecule has 2 amide bonds. The van der Waals surface area contributed by atoms with Gasteiger partial charge in [-0.1, -0.05) is 23.7 Å². The second-order valence-electron chi connectivity index (χ2n) is 6.74. The van der Waals surface area contributed by atoms with Crippen molar-refractivity contribution in [1.29, 1.82) is 0 Å². The fraction of sp³-hybridized carbons (Fsp3) is 0.300. The molecule has 0 radical (unpaired) electrons. The number of carbonyl (C=O) groups is 2. The van der Waals surface area contributed by atoms with Gasteiger partial charge in [-0.2, -0.15) is 0 Å². The Labute approximate surface area is 167 Å². The third kappa shape index (κ3) is 4.61. The molecule has 1 heterocycles. The minimum atomic E-state index is -0.845. The molecule has 2 aromatic carbocycles. The summed E-state index contributed by atoms with van der Waals surface area (Å²) >= 11 is 5.68. The first-order chi connectivity index (χ1) is 13.3. The van der Waals surface area contributed by atoms with Crippen molar-refractivity contribution >= 4 is 29.1 Å². The molecular formula is C20H21ClFN3O3. The van der Waals surface area contributed by atoms with Crippen LogP contribution in [-0.2, 0) is 16.0 Å². The zero-order valence-electron chi connectivity index (χ0n) is 15.6. The number of ether oxygens (including phenoxy) is 1. The third-order valence-corrected chi connectivity index (χ3v) is 4.85. The first kappa shape index (κ1) is 20.1. The number of halogens is 2.